The second kappa shape index (κ2) is 8.93. The van der Waals surface area contributed by atoms with Crippen molar-refractivity contribution in [2.75, 3.05) is 49.6 Å². The molecule has 2 heterocycles. The van der Waals surface area contributed by atoms with Gasteiger partial charge in [-0.1, -0.05) is 23.7 Å². The van der Waals surface area contributed by atoms with Crippen LogP contribution in [-0.4, -0.2) is 56.7 Å². The van der Waals surface area contributed by atoms with Crippen molar-refractivity contribution in [3.63, 3.8) is 0 Å². The number of carbonyl (C=O) groups is 2. The highest BCUT2D eigenvalue weighted by Gasteiger charge is 2.33. The highest BCUT2D eigenvalue weighted by atomic mass is 35.5. The number of nitrogens with zero attached hydrogens (tertiary/aromatic N) is 3. The van der Waals surface area contributed by atoms with E-state index in [4.69, 9.17) is 16.3 Å². The molecule has 4 rings (SSSR count). The largest absolute Gasteiger partial charge is 0.497 e. The van der Waals surface area contributed by atoms with Crippen LogP contribution in [0.1, 0.15) is 12.0 Å². The first-order valence-corrected chi connectivity index (χ1v) is 10.4. The fraction of sp³-hybridized carbons (Fsp3) is 0.364. The molecule has 3 amide bonds. The normalized spacial score (nSPS) is 17.5. The van der Waals surface area contributed by atoms with Crippen LogP contribution in [0.3, 0.4) is 0 Å². The molecule has 2 aromatic carbocycles. The molecule has 2 aliphatic heterocycles. The summed E-state index contributed by atoms with van der Waals surface area (Å²) in [4.78, 5) is 30.7. The molecule has 158 valence electrons. The summed E-state index contributed by atoms with van der Waals surface area (Å²) in [7, 11) is 1.60. The van der Waals surface area contributed by atoms with E-state index in [0.29, 0.717) is 17.3 Å². The van der Waals surface area contributed by atoms with Crippen molar-refractivity contribution < 1.29 is 14.3 Å². The predicted octanol–water partition coefficient (Wildman–Crippen LogP) is 3.12. The number of hydrogen-bond acceptors (Lipinski definition) is 5. The number of nitrogens with one attached hydrogen (secondary N) is 1. The van der Waals surface area contributed by atoms with Crippen LogP contribution in [0.25, 0.3) is 0 Å². The molecular formula is C22H25ClN4O3. The maximum atomic E-state index is 13.1. The van der Waals surface area contributed by atoms with Crippen molar-refractivity contribution in [1.29, 1.82) is 0 Å². The molecule has 0 unspecified atom stereocenters. The fourth-order valence-corrected chi connectivity index (χ4v) is 4.09. The van der Waals surface area contributed by atoms with E-state index in [1.165, 1.54) is 4.90 Å². The summed E-state index contributed by atoms with van der Waals surface area (Å²) in [5.41, 5.74) is 2.54. The van der Waals surface area contributed by atoms with Gasteiger partial charge in [0.1, 0.15) is 5.75 Å². The zero-order valence-electron chi connectivity index (χ0n) is 16.9. The Hall–Kier alpha value is -2.77. The Morgan fingerprint density at radius 1 is 1.03 bits per heavy atom. The van der Waals surface area contributed by atoms with Crippen LogP contribution in [0.15, 0.2) is 42.5 Å². The van der Waals surface area contributed by atoms with Gasteiger partial charge in [0.2, 0.25) is 5.91 Å². The molecule has 30 heavy (non-hydrogen) atoms. The molecule has 0 aromatic heterocycles. The second-order valence-corrected chi connectivity index (χ2v) is 7.79. The molecule has 0 aliphatic carbocycles. The summed E-state index contributed by atoms with van der Waals surface area (Å²) < 4.78 is 5.17. The summed E-state index contributed by atoms with van der Waals surface area (Å²) in [5.74, 6) is 0.550. The van der Waals surface area contributed by atoms with Gasteiger partial charge in [-0.05, 0) is 35.9 Å². The van der Waals surface area contributed by atoms with Gasteiger partial charge in [0.05, 0.1) is 24.4 Å². The molecule has 1 N–H and O–H groups in total. The zero-order chi connectivity index (χ0) is 21.1. The monoisotopic (exact) mass is 428 g/mol. The number of rotatable bonds is 5. The average molecular weight is 429 g/mol. The number of amides is 3. The lowest BCUT2D eigenvalue weighted by Crippen LogP contribution is -2.52. The molecule has 0 radical (unpaired) electrons. The zero-order valence-corrected chi connectivity index (χ0v) is 17.7. The Morgan fingerprint density at radius 3 is 2.43 bits per heavy atom. The SMILES string of the molecule is COc1ccc(CN2C(=O)CCN(c3ccc(N4CCNCC4)cc3Cl)C2=O)cc1. The van der Waals surface area contributed by atoms with Gasteiger partial charge >= 0.3 is 6.03 Å². The molecule has 2 aromatic rings. The van der Waals surface area contributed by atoms with Crippen molar-refractivity contribution in [3.8, 4) is 5.75 Å². The van der Waals surface area contributed by atoms with Crippen LogP contribution >= 0.6 is 11.6 Å². The van der Waals surface area contributed by atoms with E-state index in [0.717, 1.165) is 43.2 Å². The smallest absolute Gasteiger partial charge is 0.331 e. The van der Waals surface area contributed by atoms with Gasteiger partial charge < -0.3 is 15.0 Å². The Labute approximate surface area is 181 Å². The molecule has 0 atom stereocenters. The highest BCUT2D eigenvalue weighted by molar-refractivity contribution is 6.34. The van der Waals surface area contributed by atoms with Crippen LogP contribution in [-0.2, 0) is 11.3 Å². The maximum absolute atomic E-state index is 13.1. The first kappa shape index (κ1) is 20.5. The van der Waals surface area contributed by atoms with Crippen molar-refractivity contribution in [1.82, 2.24) is 10.2 Å². The number of imide groups is 1. The number of halogens is 1. The van der Waals surface area contributed by atoms with E-state index < -0.39 is 0 Å². The average Bonchev–Trinajstić information content (AvgIpc) is 2.78. The van der Waals surface area contributed by atoms with Crippen molar-refractivity contribution >= 4 is 34.9 Å². The minimum atomic E-state index is -0.348. The lowest BCUT2D eigenvalue weighted by Gasteiger charge is -2.35. The number of ether oxygens (including phenoxy) is 1. The van der Waals surface area contributed by atoms with Gasteiger partial charge in [-0.2, -0.15) is 0 Å². The molecule has 2 aliphatic rings. The Kier molecular flexibility index (Phi) is 6.11. The van der Waals surface area contributed by atoms with Gasteiger partial charge in [0.15, 0.2) is 0 Å². The summed E-state index contributed by atoms with van der Waals surface area (Å²) in [5, 5.41) is 3.84. The number of piperazine rings is 1. The van der Waals surface area contributed by atoms with Crippen LogP contribution in [0, 0.1) is 0 Å². The highest BCUT2D eigenvalue weighted by Crippen LogP contribution is 2.33. The van der Waals surface area contributed by atoms with E-state index in [-0.39, 0.29) is 24.9 Å². The Bertz CT molecular complexity index is 928. The number of hydrogen-bond donors (Lipinski definition) is 1. The minimum Gasteiger partial charge on any atom is -0.497 e. The summed E-state index contributed by atoms with van der Waals surface area (Å²) in [6.07, 6.45) is 0.262. The second-order valence-electron chi connectivity index (χ2n) is 7.38. The van der Waals surface area contributed by atoms with E-state index in [9.17, 15) is 9.59 Å². The first-order chi connectivity index (χ1) is 14.6. The molecule has 0 spiro atoms. The van der Waals surface area contributed by atoms with Crippen molar-refractivity contribution in [2.45, 2.75) is 13.0 Å². The summed E-state index contributed by atoms with van der Waals surface area (Å²) in [6, 6.07) is 12.8. The van der Waals surface area contributed by atoms with Crippen LogP contribution in [0.2, 0.25) is 5.02 Å². The maximum Gasteiger partial charge on any atom is 0.331 e. The minimum absolute atomic E-state index is 0.180. The Morgan fingerprint density at radius 2 is 1.77 bits per heavy atom. The van der Waals surface area contributed by atoms with Crippen LogP contribution in [0.5, 0.6) is 5.75 Å². The van der Waals surface area contributed by atoms with E-state index in [2.05, 4.69) is 10.2 Å². The van der Waals surface area contributed by atoms with Gasteiger partial charge in [-0.3, -0.25) is 14.6 Å². The fourth-order valence-electron chi connectivity index (χ4n) is 3.82. The van der Waals surface area contributed by atoms with E-state index in [1.807, 2.05) is 42.5 Å². The topological polar surface area (TPSA) is 65.1 Å². The predicted molar refractivity (Wildman–Crippen MR) is 117 cm³/mol. The lowest BCUT2D eigenvalue weighted by atomic mass is 10.1. The number of urea groups is 1. The lowest BCUT2D eigenvalue weighted by molar-refractivity contribution is -0.129. The third-order valence-electron chi connectivity index (χ3n) is 5.52. The standard InChI is InChI=1S/C22H25ClN4O3/c1-30-18-5-2-16(3-6-18)15-27-21(28)8-11-26(22(27)29)20-7-4-17(14-19(20)23)25-12-9-24-10-13-25/h2-7,14,24H,8-13,15H2,1H3. The van der Waals surface area contributed by atoms with Crippen molar-refractivity contribution in [3.05, 3.63) is 53.1 Å². The third kappa shape index (κ3) is 4.22. The van der Waals surface area contributed by atoms with Crippen molar-refractivity contribution in [2.24, 2.45) is 0 Å². The first-order valence-electron chi connectivity index (χ1n) is 10.1. The van der Waals surface area contributed by atoms with Gasteiger partial charge in [-0.15, -0.1) is 0 Å². The summed E-state index contributed by atoms with van der Waals surface area (Å²) in [6.45, 7) is 4.25. The summed E-state index contributed by atoms with van der Waals surface area (Å²) >= 11 is 6.57. The van der Waals surface area contributed by atoms with E-state index >= 15 is 0 Å². The number of anilines is 2. The molecular weight excluding hydrogens is 404 g/mol. The quantitative estimate of drug-likeness (QED) is 0.792. The molecule has 0 saturated carbocycles. The van der Waals surface area contributed by atoms with Crippen LogP contribution in [0.4, 0.5) is 16.2 Å². The van der Waals surface area contributed by atoms with Gasteiger partial charge in [-0.25, -0.2) is 4.79 Å². The van der Waals surface area contributed by atoms with E-state index in [1.54, 1.807) is 12.0 Å². The molecule has 0 bridgehead atoms. The number of benzene rings is 2. The third-order valence-corrected chi connectivity index (χ3v) is 5.82. The van der Waals surface area contributed by atoms with Gasteiger partial charge in [0, 0.05) is 44.8 Å². The van der Waals surface area contributed by atoms with Gasteiger partial charge in [0.25, 0.3) is 0 Å². The Balaban J connectivity index is 1.52. The molecule has 7 nitrogen and oxygen atoms in total. The van der Waals surface area contributed by atoms with Crippen LogP contribution < -0.4 is 19.9 Å². The number of methoxy groups -OCH3 is 1. The molecule has 2 saturated heterocycles. The molecule has 8 heteroatoms. The number of carbonyl (C=O) groups excluding carboxylic acids is 2. The molecule has 2 fully saturated rings.